The highest BCUT2D eigenvalue weighted by atomic mass is 16.2. The van der Waals surface area contributed by atoms with Gasteiger partial charge in [0, 0.05) is 23.3 Å². The number of H-pyrrole nitrogens is 1. The summed E-state index contributed by atoms with van der Waals surface area (Å²) in [5.74, 6) is -0.147. The van der Waals surface area contributed by atoms with Crippen molar-refractivity contribution in [3.8, 4) is 11.1 Å². The standard InChI is InChI=1S/C22H18N4O/c27-21(24-22(10-11-22)17-6-2-1-3-7-17)20-18-13-15(8-9-19(18)25-26-20)16-5-4-12-23-14-16/h1-9,12-14H,10-11H2,(H,24,27)(H,25,26). The number of rotatable bonds is 4. The fourth-order valence-electron chi connectivity index (χ4n) is 3.54. The van der Waals surface area contributed by atoms with Crippen LogP contribution in [0.25, 0.3) is 22.0 Å². The van der Waals surface area contributed by atoms with Gasteiger partial charge < -0.3 is 5.32 Å². The van der Waals surface area contributed by atoms with Crippen molar-refractivity contribution in [3.63, 3.8) is 0 Å². The molecule has 2 heterocycles. The van der Waals surface area contributed by atoms with Crippen LogP contribution in [0.5, 0.6) is 0 Å². The van der Waals surface area contributed by atoms with Crippen LogP contribution in [-0.4, -0.2) is 21.1 Å². The maximum absolute atomic E-state index is 13.0. The van der Waals surface area contributed by atoms with Crippen LogP contribution in [0.4, 0.5) is 0 Å². The number of benzene rings is 2. The average molecular weight is 354 g/mol. The normalized spacial score (nSPS) is 14.8. The lowest BCUT2D eigenvalue weighted by molar-refractivity contribution is 0.0927. The summed E-state index contributed by atoms with van der Waals surface area (Å²) in [5, 5.41) is 11.3. The lowest BCUT2D eigenvalue weighted by Gasteiger charge is -2.17. The zero-order chi connectivity index (χ0) is 18.3. The number of nitrogens with one attached hydrogen (secondary N) is 2. The molecule has 0 bridgehead atoms. The number of carbonyl (C=O) groups is 1. The monoisotopic (exact) mass is 354 g/mol. The minimum atomic E-state index is -0.259. The molecule has 2 aromatic heterocycles. The van der Waals surface area contributed by atoms with Gasteiger partial charge in [-0.25, -0.2) is 0 Å². The van der Waals surface area contributed by atoms with Gasteiger partial charge in [-0.2, -0.15) is 5.10 Å². The second kappa shape index (κ2) is 6.06. The summed E-state index contributed by atoms with van der Waals surface area (Å²) in [6.07, 6.45) is 5.46. The van der Waals surface area contributed by atoms with Crippen LogP contribution in [0.2, 0.25) is 0 Å². The van der Waals surface area contributed by atoms with E-state index in [1.165, 1.54) is 0 Å². The summed E-state index contributed by atoms with van der Waals surface area (Å²) in [4.78, 5) is 17.2. The predicted octanol–water partition coefficient (Wildman–Crippen LogP) is 4.04. The van der Waals surface area contributed by atoms with E-state index >= 15 is 0 Å². The van der Waals surface area contributed by atoms with Gasteiger partial charge in [0.1, 0.15) is 0 Å². The number of aromatic nitrogens is 3. The zero-order valence-electron chi connectivity index (χ0n) is 14.6. The molecular formula is C22H18N4O. The molecule has 5 nitrogen and oxygen atoms in total. The Balaban J connectivity index is 1.49. The van der Waals surface area contributed by atoms with E-state index in [0.717, 1.165) is 40.4 Å². The van der Waals surface area contributed by atoms with Crippen LogP contribution in [0.15, 0.2) is 73.1 Å². The van der Waals surface area contributed by atoms with Crippen LogP contribution >= 0.6 is 0 Å². The smallest absolute Gasteiger partial charge is 0.273 e. The van der Waals surface area contributed by atoms with E-state index in [-0.39, 0.29) is 11.4 Å². The number of hydrogen-bond donors (Lipinski definition) is 2. The lowest BCUT2D eigenvalue weighted by atomic mass is 10.0. The van der Waals surface area contributed by atoms with Crippen LogP contribution in [-0.2, 0) is 5.54 Å². The first kappa shape index (κ1) is 15.8. The molecule has 0 saturated heterocycles. The van der Waals surface area contributed by atoms with Gasteiger partial charge in [-0.15, -0.1) is 0 Å². The molecule has 0 radical (unpaired) electrons. The van der Waals surface area contributed by atoms with E-state index in [0.29, 0.717) is 5.69 Å². The zero-order valence-corrected chi connectivity index (χ0v) is 14.6. The van der Waals surface area contributed by atoms with Crippen molar-refractivity contribution in [2.75, 3.05) is 0 Å². The summed E-state index contributed by atoms with van der Waals surface area (Å²) in [7, 11) is 0. The van der Waals surface area contributed by atoms with E-state index in [1.54, 1.807) is 6.20 Å². The van der Waals surface area contributed by atoms with Crippen molar-refractivity contribution < 1.29 is 4.79 Å². The highest BCUT2D eigenvalue weighted by Crippen LogP contribution is 2.45. The third-order valence-electron chi connectivity index (χ3n) is 5.20. The average Bonchev–Trinajstić information content (AvgIpc) is 3.38. The molecule has 1 amide bonds. The molecular weight excluding hydrogens is 336 g/mol. The van der Waals surface area contributed by atoms with E-state index in [1.807, 2.05) is 54.7 Å². The van der Waals surface area contributed by atoms with Gasteiger partial charge in [0.2, 0.25) is 0 Å². The quantitative estimate of drug-likeness (QED) is 0.581. The molecule has 1 aliphatic carbocycles. The third kappa shape index (κ3) is 2.77. The number of nitrogens with zero attached hydrogens (tertiary/aromatic N) is 2. The molecule has 0 unspecified atom stereocenters. The first-order valence-electron chi connectivity index (χ1n) is 9.02. The van der Waals surface area contributed by atoms with Crippen LogP contribution in [0.1, 0.15) is 28.9 Å². The summed E-state index contributed by atoms with van der Waals surface area (Å²) in [5.41, 5.74) is 4.18. The maximum Gasteiger partial charge on any atom is 0.273 e. The summed E-state index contributed by atoms with van der Waals surface area (Å²) in [6.45, 7) is 0. The van der Waals surface area contributed by atoms with Gasteiger partial charge in [-0.05, 0) is 42.2 Å². The Kier molecular flexibility index (Phi) is 3.53. The van der Waals surface area contributed by atoms with Crippen molar-refractivity contribution in [1.29, 1.82) is 0 Å². The minimum Gasteiger partial charge on any atom is -0.341 e. The molecule has 5 rings (SSSR count). The number of aromatic amines is 1. The van der Waals surface area contributed by atoms with E-state index in [4.69, 9.17) is 0 Å². The van der Waals surface area contributed by atoms with E-state index in [9.17, 15) is 4.79 Å². The van der Waals surface area contributed by atoms with E-state index in [2.05, 4.69) is 32.6 Å². The molecule has 5 heteroatoms. The topological polar surface area (TPSA) is 70.7 Å². The predicted molar refractivity (Wildman–Crippen MR) is 104 cm³/mol. The Morgan fingerprint density at radius 3 is 2.59 bits per heavy atom. The summed E-state index contributed by atoms with van der Waals surface area (Å²) < 4.78 is 0. The van der Waals surface area contributed by atoms with E-state index < -0.39 is 0 Å². The molecule has 2 aromatic carbocycles. The number of carbonyl (C=O) groups excluding carboxylic acids is 1. The number of hydrogen-bond acceptors (Lipinski definition) is 3. The van der Waals surface area contributed by atoms with Crippen molar-refractivity contribution in [2.24, 2.45) is 0 Å². The number of pyridine rings is 1. The highest BCUT2D eigenvalue weighted by molar-refractivity contribution is 6.06. The van der Waals surface area contributed by atoms with Crippen molar-refractivity contribution in [1.82, 2.24) is 20.5 Å². The van der Waals surface area contributed by atoms with Crippen LogP contribution in [0.3, 0.4) is 0 Å². The summed E-state index contributed by atoms with van der Waals surface area (Å²) in [6, 6.07) is 20.0. The summed E-state index contributed by atoms with van der Waals surface area (Å²) >= 11 is 0. The van der Waals surface area contributed by atoms with Gasteiger partial charge >= 0.3 is 0 Å². The van der Waals surface area contributed by atoms with Gasteiger partial charge in [-0.3, -0.25) is 14.9 Å². The van der Waals surface area contributed by atoms with Gasteiger partial charge in [0.25, 0.3) is 5.91 Å². The molecule has 1 aliphatic rings. The van der Waals surface area contributed by atoms with Gasteiger partial charge in [-0.1, -0.05) is 42.5 Å². The molecule has 1 saturated carbocycles. The molecule has 2 N–H and O–H groups in total. The Morgan fingerprint density at radius 2 is 1.85 bits per heavy atom. The molecule has 4 aromatic rings. The highest BCUT2D eigenvalue weighted by Gasteiger charge is 2.46. The Morgan fingerprint density at radius 1 is 1.00 bits per heavy atom. The molecule has 1 fully saturated rings. The largest absolute Gasteiger partial charge is 0.341 e. The number of fused-ring (bicyclic) bond motifs is 1. The number of amides is 1. The molecule has 132 valence electrons. The SMILES string of the molecule is O=C(NC1(c2ccccc2)CC1)c1n[nH]c2ccc(-c3cccnc3)cc12. The Bertz CT molecular complexity index is 1110. The van der Waals surface area contributed by atoms with Crippen LogP contribution < -0.4 is 5.32 Å². The molecule has 0 aliphatic heterocycles. The minimum absolute atomic E-state index is 0.147. The van der Waals surface area contributed by atoms with Gasteiger partial charge in [0.15, 0.2) is 5.69 Å². The second-order valence-electron chi connectivity index (χ2n) is 6.98. The maximum atomic E-state index is 13.0. The van der Waals surface area contributed by atoms with Crippen molar-refractivity contribution >= 4 is 16.8 Å². The fraction of sp³-hybridized carbons (Fsp3) is 0.136. The van der Waals surface area contributed by atoms with Crippen molar-refractivity contribution in [3.05, 3.63) is 84.3 Å². The Hall–Kier alpha value is -3.47. The lowest BCUT2D eigenvalue weighted by Crippen LogP contribution is -2.35. The fourth-order valence-corrected chi connectivity index (χ4v) is 3.54. The van der Waals surface area contributed by atoms with Gasteiger partial charge in [0.05, 0.1) is 11.1 Å². The molecule has 27 heavy (non-hydrogen) atoms. The van der Waals surface area contributed by atoms with Crippen LogP contribution in [0, 0.1) is 0 Å². The molecule has 0 spiro atoms. The molecule has 0 atom stereocenters. The van der Waals surface area contributed by atoms with Crippen molar-refractivity contribution in [2.45, 2.75) is 18.4 Å². The first-order chi connectivity index (χ1) is 13.3. The first-order valence-corrected chi connectivity index (χ1v) is 9.02. The second-order valence-corrected chi connectivity index (χ2v) is 6.98. The Labute approximate surface area is 156 Å². The third-order valence-corrected chi connectivity index (χ3v) is 5.20.